The molecule has 0 aliphatic carbocycles. The summed E-state index contributed by atoms with van der Waals surface area (Å²) in [6, 6.07) is 6.71. The predicted octanol–water partition coefficient (Wildman–Crippen LogP) is 3.53. The Morgan fingerprint density at radius 3 is 2.75 bits per heavy atom. The number of nitro groups is 1. The number of hydrogen-bond acceptors (Lipinski definition) is 5. The van der Waals surface area contributed by atoms with Crippen LogP contribution in [0.2, 0.25) is 0 Å². The van der Waals surface area contributed by atoms with Gasteiger partial charge in [-0.1, -0.05) is 12.1 Å². The lowest BCUT2D eigenvalue weighted by Crippen LogP contribution is -2.12. The van der Waals surface area contributed by atoms with Gasteiger partial charge in [-0.2, -0.15) is 0 Å². The van der Waals surface area contributed by atoms with Gasteiger partial charge in [-0.05, 0) is 36.4 Å². The van der Waals surface area contributed by atoms with Gasteiger partial charge in [-0.25, -0.2) is 0 Å². The van der Waals surface area contributed by atoms with E-state index >= 15 is 0 Å². The lowest BCUT2D eigenvalue weighted by Gasteiger charge is -2.09. The molecule has 0 saturated carbocycles. The zero-order valence-electron chi connectivity index (χ0n) is 11.1. The van der Waals surface area contributed by atoms with Crippen molar-refractivity contribution in [2.75, 3.05) is 6.61 Å². The number of nitro benzene ring substituents is 1. The summed E-state index contributed by atoms with van der Waals surface area (Å²) in [7, 11) is 0. The number of ketones is 1. The van der Waals surface area contributed by atoms with E-state index < -0.39 is 4.92 Å². The molecule has 0 fully saturated rings. The molecule has 20 heavy (non-hydrogen) atoms. The first-order chi connectivity index (χ1) is 9.49. The summed E-state index contributed by atoms with van der Waals surface area (Å²) in [5.41, 5.74) is 1.32. The van der Waals surface area contributed by atoms with Crippen LogP contribution in [0.4, 0.5) is 5.69 Å². The normalized spacial score (nSPS) is 10.3. The fourth-order valence-corrected chi connectivity index (χ4v) is 2.55. The first kappa shape index (κ1) is 14.2. The molecule has 0 N–H and O–H groups in total. The van der Waals surface area contributed by atoms with E-state index in [-0.39, 0.29) is 23.8 Å². The SMILES string of the molecule is Cc1cc(C)c(OCC(=O)c2cccs2)c([N+](=O)[O-])c1. The highest BCUT2D eigenvalue weighted by Gasteiger charge is 2.20. The molecule has 5 nitrogen and oxygen atoms in total. The predicted molar refractivity (Wildman–Crippen MR) is 76.7 cm³/mol. The van der Waals surface area contributed by atoms with Crippen molar-refractivity contribution in [1.29, 1.82) is 0 Å². The van der Waals surface area contributed by atoms with Gasteiger partial charge in [0.1, 0.15) is 0 Å². The molecular weight excluding hydrogens is 278 g/mol. The van der Waals surface area contributed by atoms with Crippen LogP contribution in [-0.2, 0) is 0 Å². The van der Waals surface area contributed by atoms with Crippen molar-refractivity contribution in [3.63, 3.8) is 0 Å². The van der Waals surface area contributed by atoms with Crippen LogP contribution in [0.5, 0.6) is 5.75 Å². The number of rotatable bonds is 5. The smallest absolute Gasteiger partial charge is 0.311 e. The molecule has 6 heteroatoms. The topological polar surface area (TPSA) is 69.4 Å². The molecule has 0 aliphatic rings. The maximum atomic E-state index is 11.9. The molecule has 0 unspecified atom stereocenters. The fourth-order valence-electron chi connectivity index (χ4n) is 1.90. The first-order valence-corrected chi connectivity index (χ1v) is 6.82. The van der Waals surface area contributed by atoms with E-state index in [1.54, 1.807) is 37.4 Å². The molecule has 0 saturated heterocycles. The summed E-state index contributed by atoms with van der Waals surface area (Å²) in [6.45, 7) is 3.30. The number of ether oxygens (including phenoxy) is 1. The average Bonchev–Trinajstić information content (AvgIpc) is 2.90. The van der Waals surface area contributed by atoms with E-state index in [1.165, 1.54) is 17.4 Å². The molecule has 2 aromatic rings. The molecule has 1 heterocycles. The van der Waals surface area contributed by atoms with Gasteiger partial charge in [0, 0.05) is 6.07 Å². The maximum Gasteiger partial charge on any atom is 0.311 e. The Kier molecular flexibility index (Phi) is 4.14. The molecule has 0 bridgehead atoms. The first-order valence-electron chi connectivity index (χ1n) is 5.94. The number of hydrogen-bond donors (Lipinski definition) is 0. The van der Waals surface area contributed by atoms with Crippen LogP contribution in [0.25, 0.3) is 0 Å². The van der Waals surface area contributed by atoms with Gasteiger partial charge in [0.2, 0.25) is 11.5 Å². The number of Topliss-reactive ketones (excluding diaryl/α,β-unsaturated/α-hetero) is 1. The third-order valence-corrected chi connectivity index (χ3v) is 3.65. The largest absolute Gasteiger partial charge is 0.478 e. The second kappa shape index (κ2) is 5.83. The lowest BCUT2D eigenvalue weighted by atomic mass is 10.1. The third kappa shape index (κ3) is 3.03. The minimum absolute atomic E-state index is 0.110. The summed E-state index contributed by atoms with van der Waals surface area (Å²) in [4.78, 5) is 23.0. The second-order valence-corrected chi connectivity index (χ2v) is 5.32. The van der Waals surface area contributed by atoms with Crippen LogP contribution >= 0.6 is 11.3 Å². The number of benzene rings is 1. The number of carbonyl (C=O) groups excluding carboxylic acids is 1. The van der Waals surface area contributed by atoms with Crippen molar-refractivity contribution in [1.82, 2.24) is 0 Å². The molecule has 0 radical (unpaired) electrons. The van der Waals surface area contributed by atoms with Crippen molar-refractivity contribution in [2.24, 2.45) is 0 Å². The highest BCUT2D eigenvalue weighted by molar-refractivity contribution is 7.12. The monoisotopic (exact) mass is 291 g/mol. The second-order valence-electron chi connectivity index (χ2n) is 4.38. The Labute approximate surface area is 120 Å². The van der Waals surface area contributed by atoms with Crippen LogP contribution in [0, 0.1) is 24.0 Å². The van der Waals surface area contributed by atoms with Crippen LogP contribution < -0.4 is 4.74 Å². The van der Waals surface area contributed by atoms with Crippen LogP contribution in [-0.4, -0.2) is 17.3 Å². The Bertz CT molecular complexity index is 649. The van der Waals surface area contributed by atoms with Crippen LogP contribution in [0.3, 0.4) is 0 Å². The summed E-state index contributed by atoms with van der Waals surface area (Å²) < 4.78 is 5.39. The Morgan fingerprint density at radius 1 is 1.40 bits per heavy atom. The standard InChI is InChI=1S/C14H13NO4S/c1-9-6-10(2)14(11(7-9)15(17)18)19-8-12(16)13-4-3-5-20-13/h3-7H,8H2,1-2H3. The molecular formula is C14H13NO4S. The van der Waals surface area contributed by atoms with E-state index in [1.807, 2.05) is 0 Å². The summed E-state index contributed by atoms with van der Waals surface area (Å²) in [5, 5.41) is 12.8. The molecule has 1 aromatic carbocycles. The number of nitrogens with zero attached hydrogens (tertiary/aromatic N) is 1. The van der Waals surface area contributed by atoms with Crippen molar-refractivity contribution < 1.29 is 14.5 Å². The number of carbonyl (C=O) groups is 1. The Hall–Kier alpha value is -2.21. The van der Waals surface area contributed by atoms with Crippen molar-refractivity contribution in [2.45, 2.75) is 13.8 Å². The number of thiophene rings is 1. The summed E-state index contributed by atoms with van der Waals surface area (Å²) in [5.74, 6) is -0.0280. The molecule has 0 amide bonds. The van der Waals surface area contributed by atoms with Crippen molar-refractivity contribution >= 4 is 22.8 Å². The molecule has 104 valence electrons. The van der Waals surface area contributed by atoms with Gasteiger partial charge in [-0.15, -0.1) is 11.3 Å². The van der Waals surface area contributed by atoms with E-state index in [0.29, 0.717) is 10.4 Å². The zero-order chi connectivity index (χ0) is 14.7. The maximum absolute atomic E-state index is 11.9. The Balaban J connectivity index is 2.21. The fraction of sp³-hybridized carbons (Fsp3) is 0.214. The van der Waals surface area contributed by atoms with Crippen molar-refractivity contribution in [3.8, 4) is 5.75 Å². The molecule has 0 spiro atoms. The summed E-state index contributed by atoms with van der Waals surface area (Å²) >= 11 is 1.32. The third-order valence-electron chi connectivity index (χ3n) is 2.74. The summed E-state index contributed by atoms with van der Waals surface area (Å²) in [6.07, 6.45) is 0. The van der Waals surface area contributed by atoms with Gasteiger partial charge in [0.05, 0.1) is 9.80 Å². The van der Waals surface area contributed by atoms with Gasteiger partial charge in [0.25, 0.3) is 0 Å². The van der Waals surface area contributed by atoms with E-state index in [9.17, 15) is 14.9 Å². The molecule has 2 rings (SSSR count). The molecule has 0 atom stereocenters. The highest BCUT2D eigenvalue weighted by Crippen LogP contribution is 2.32. The molecule has 1 aromatic heterocycles. The van der Waals surface area contributed by atoms with Gasteiger partial charge in [-0.3, -0.25) is 14.9 Å². The van der Waals surface area contributed by atoms with Crippen molar-refractivity contribution in [3.05, 3.63) is 55.8 Å². The zero-order valence-corrected chi connectivity index (χ0v) is 11.9. The van der Waals surface area contributed by atoms with Crippen LogP contribution in [0.1, 0.15) is 20.8 Å². The van der Waals surface area contributed by atoms with Crippen LogP contribution in [0.15, 0.2) is 29.6 Å². The van der Waals surface area contributed by atoms with E-state index in [2.05, 4.69) is 0 Å². The minimum atomic E-state index is -0.495. The number of aryl methyl sites for hydroxylation is 2. The van der Waals surface area contributed by atoms with Gasteiger partial charge in [0.15, 0.2) is 6.61 Å². The Morgan fingerprint density at radius 2 is 2.15 bits per heavy atom. The lowest BCUT2D eigenvalue weighted by molar-refractivity contribution is -0.385. The average molecular weight is 291 g/mol. The van der Waals surface area contributed by atoms with Gasteiger partial charge >= 0.3 is 5.69 Å². The molecule has 0 aliphatic heterocycles. The van der Waals surface area contributed by atoms with E-state index in [0.717, 1.165) is 5.56 Å². The quantitative estimate of drug-likeness (QED) is 0.480. The van der Waals surface area contributed by atoms with E-state index in [4.69, 9.17) is 4.74 Å². The minimum Gasteiger partial charge on any atom is -0.478 e. The van der Waals surface area contributed by atoms with Gasteiger partial charge < -0.3 is 4.74 Å². The highest BCUT2D eigenvalue weighted by atomic mass is 32.1.